The number of carbonyl (C=O) groups is 1. The summed E-state index contributed by atoms with van der Waals surface area (Å²) in [5, 5.41) is 2.80. The van der Waals surface area contributed by atoms with E-state index in [1.807, 2.05) is 26.0 Å². The van der Waals surface area contributed by atoms with E-state index in [4.69, 9.17) is 0 Å². The first-order chi connectivity index (χ1) is 12.5. The van der Waals surface area contributed by atoms with E-state index in [0.29, 0.717) is 18.7 Å². The Morgan fingerprint density at radius 3 is 2.31 bits per heavy atom. The Morgan fingerprint density at radius 1 is 1.00 bits per heavy atom. The van der Waals surface area contributed by atoms with Crippen molar-refractivity contribution in [1.29, 1.82) is 0 Å². The van der Waals surface area contributed by atoms with Gasteiger partial charge in [0.2, 0.25) is 5.91 Å². The van der Waals surface area contributed by atoms with Gasteiger partial charge >= 0.3 is 0 Å². The van der Waals surface area contributed by atoms with Crippen molar-refractivity contribution in [3.63, 3.8) is 0 Å². The lowest BCUT2D eigenvalue weighted by molar-refractivity contribution is -0.119. The predicted octanol–water partition coefficient (Wildman–Crippen LogP) is 3.36. The third kappa shape index (κ3) is 4.85. The molecule has 2 rings (SSSR count). The molecule has 0 heterocycles. The highest BCUT2D eigenvalue weighted by atomic mass is 32.2. The second-order valence-corrected chi connectivity index (χ2v) is 7.87. The van der Waals surface area contributed by atoms with Crippen molar-refractivity contribution in [2.75, 3.05) is 17.4 Å². The third-order valence-corrected chi connectivity index (χ3v) is 5.89. The van der Waals surface area contributed by atoms with Gasteiger partial charge in [-0.2, -0.15) is 0 Å². The number of unbranched alkanes of at least 4 members (excludes halogenated alkanes) is 1. The van der Waals surface area contributed by atoms with Crippen molar-refractivity contribution in [2.45, 2.75) is 38.0 Å². The first-order valence-corrected chi connectivity index (χ1v) is 10.4. The fourth-order valence-corrected chi connectivity index (χ4v) is 4.14. The van der Waals surface area contributed by atoms with Crippen LogP contribution in [-0.4, -0.2) is 27.4 Å². The topological polar surface area (TPSA) is 66.5 Å². The maximum Gasteiger partial charge on any atom is 0.264 e. The van der Waals surface area contributed by atoms with Gasteiger partial charge in [0.05, 0.1) is 10.6 Å². The van der Waals surface area contributed by atoms with Crippen molar-refractivity contribution in [3.8, 4) is 0 Å². The summed E-state index contributed by atoms with van der Waals surface area (Å²) in [5.41, 5.74) is 1.43. The molecule has 2 aromatic rings. The second kappa shape index (κ2) is 9.38. The van der Waals surface area contributed by atoms with Gasteiger partial charge in [-0.05, 0) is 36.6 Å². The molecule has 0 fully saturated rings. The molecule has 0 saturated carbocycles. The molecule has 1 amide bonds. The number of para-hydroxylation sites is 1. The minimum absolute atomic E-state index is 0.173. The van der Waals surface area contributed by atoms with Gasteiger partial charge in [-0.1, -0.05) is 56.7 Å². The van der Waals surface area contributed by atoms with Crippen molar-refractivity contribution < 1.29 is 13.2 Å². The summed E-state index contributed by atoms with van der Waals surface area (Å²) in [5.74, 6) is -0.302. The van der Waals surface area contributed by atoms with Gasteiger partial charge in [0.15, 0.2) is 0 Å². The molecule has 0 unspecified atom stereocenters. The number of amides is 1. The van der Waals surface area contributed by atoms with Crippen LogP contribution in [0.4, 0.5) is 5.69 Å². The summed E-state index contributed by atoms with van der Waals surface area (Å²) in [6, 6.07) is 15.5. The Labute approximate surface area is 156 Å². The van der Waals surface area contributed by atoms with Crippen LogP contribution in [-0.2, 0) is 21.2 Å². The molecular weight excluding hydrogens is 348 g/mol. The van der Waals surface area contributed by atoms with Crippen molar-refractivity contribution in [3.05, 3.63) is 60.2 Å². The molecule has 0 radical (unpaired) electrons. The monoisotopic (exact) mass is 374 g/mol. The molecule has 0 aliphatic rings. The average molecular weight is 375 g/mol. The number of carbonyl (C=O) groups excluding carboxylic acids is 1. The van der Waals surface area contributed by atoms with Crippen LogP contribution in [0.1, 0.15) is 32.3 Å². The van der Waals surface area contributed by atoms with Crippen LogP contribution in [0.5, 0.6) is 0 Å². The van der Waals surface area contributed by atoms with E-state index >= 15 is 0 Å². The Bertz CT molecular complexity index is 820. The van der Waals surface area contributed by atoms with Gasteiger partial charge in [0, 0.05) is 6.54 Å². The summed E-state index contributed by atoms with van der Waals surface area (Å²) < 4.78 is 27.6. The van der Waals surface area contributed by atoms with E-state index in [-0.39, 0.29) is 17.3 Å². The molecule has 1 N–H and O–H groups in total. The quantitative estimate of drug-likeness (QED) is 0.685. The van der Waals surface area contributed by atoms with Gasteiger partial charge in [0.25, 0.3) is 10.0 Å². The number of nitrogens with zero attached hydrogens (tertiary/aromatic N) is 1. The van der Waals surface area contributed by atoms with Crippen LogP contribution in [0.25, 0.3) is 0 Å². The first-order valence-electron chi connectivity index (χ1n) is 8.93. The SMILES string of the molecule is CCCCNC(=O)CN(c1ccccc1CC)S(=O)(=O)c1ccccc1. The lowest BCUT2D eigenvalue weighted by Crippen LogP contribution is -2.41. The molecule has 6 heteroatoms. The van der Waals surface area contributed by atoms with Crippen LogP contribution in [0.2, 0.25) is 0 Å². The first kappa shape index (κ1) is 20.0. The Hall–Kier alpha value is -2.34. The number of hydrogen-bond donors (Lipinski definition) is 1. The van der Waals surface area contributed by atoms with E-state index in [0.717, 1.165) is 18.4 Å². The number of aryl methyl sites for hydroxylation is 1. The fraction of sp³-hybridized carbons (Fsp3) is 0.350. The van der Waals surface area contributed by atoms with E-state index in [9.17, 15) is 13.2 Å². The number of anilines is 1. The lowest BCUT2D eigenvalue weighted by atomic mass is 10.1. The standard InChI is InChI=1S/C20H26N2O3S/c1-3-5-15-21-20(23)16-22(19-14-10-9-11-17(19)4-2)26(24,25)18-12-7-6-8-13-18/h6-14H,3-5,15-16H2,1-2H3,(H,21,23). The molecule has 0 atom stereocenters. The number of rotatable bonds is 9. The number of hydrogen-bond acceptors (Lipinski definition) is 3. The molecule has 0 aromatic heterocycles. The van der Waals surface area contributed by atoms with Crippen molar-refractivity contribution >= 4 is 21.6 Å². The third-order valence-electron chi connectivity index (χ3n) is 4.11. The lowest BCUT2D eigenvalue weighted by Gasteiger charge is -2.26. The molecule has 140 valence electrons. The van der Waals surface area contributed by atoms with Gasteiger partial charge in [-0.3, -0.25) is 9.10 Å². The zero-order valence-electron chi connectivity index (χ0n) is 15.3. The maximum atomic E-state index is 13.2. The summed E-state index contributed by atoms with van der Waals surface area (Å²) in [6.45, 7) is 4.31. The molecular formula is C20H26N2O3S. The van der Waals surface area contributed by atoms with Gasteiger partial charge < -0.3 is 5.32 Å². The minimum Gasteiger partial charge on any atom is -0.355 e. The number of nitrogens with one attached hydrogen (secondary N) is 1. The van der Waals surface area contributed by atoms with E-state index < -0.39 is 10.0 Å². The smallest absolute Gasteiger partial charge is 0.264 e. The Kier molecular flexibility index (Phi) is 7.21. The molecule has 0 aliphatic carbocycles. The van der Waals surface area contributed by atoms with E-state index in [1.165, 1.54) is 4.31 Å². The Balaban J connectivity index is 2.40. The fourth-order valence-electron chi connectivity index (χ4n) is 2.66. The van der Waals surface area contributed by atoms with Gasteiger partial charge in [0.1, 0.15) is 6.54 Å². The zero-order chi connectivity index (χ0) is 19.0. The highest BCUT2D eigenvalue weighted by Crippen LogP contribution is 2.27. The number of sulfonamides is 1. The molecule has 5 nitrogen and oxygen atoms in total. The number of benzene rings is 2. The highest BCUT2D eigenvalue weighted by Gasteiger charge is 2.28. The zero-order valence-corrected chi connectivity index (χ0v) is 16.1. The van der Waals surface area contributed by atoms with Gasteiger partial charge in [-0.25, -0.2) is 8.42 Å². The van der Waals surface area contributed by atoms with Crippen LogP contribution >= 0.6 is 0 Å². The predicted molar refractivity (Wildman–Crippen MR) is 105 cm³/mol. The second-order valence-electron chi connectivity index (χ2n) is 6.01. The van der Waals surface area contributed by atoms with Crippen LogP contribution in [0, 0.1) is 0 Å². The maximum absolute atomic E-state index is 13.2. The summed E-state index contributed by atoms with van der Waals surface area (Å²) in [7, 11) is -3.84. The molecule has 0 aliphatic heterocycles. The average Bonchev–Trinajstić information content (AvgIpc) is 2.67. The van der Waals surface area contributed by atoms with Crippen LogP contribution in [0.3, 0.4) is 0 Å². The molecule has 26 heavy (non-hydrogen) atoms. The van der Waals surface area contributed by atoms with E-state index in [2.05, 4.69) is 5.32 Å². The molecule has 0 spiro atoms. The van der Waals surface area contributed by atoms with E-state index in [1.54, 1.807) is 42.5 Å². The normalized spacial score (nSPS) is 11.2. The minimum atomic E-state index is -3.84. The van der Waals surface area contributed by atoms with Crippen molar-refractivity contribution in [1.82, 2.24) is 5.32 Å². The van der Waals surface area contributed by atoms with Crippen molar-refractivity contribution in [2.24, 2.45) is 0 Å². The summed E-state index contributed by atoms with van der Waals surface area (Å²) in [4.78, 5) is 12.5. The van der Waals surface area contributed by atoms with Crippen LogP contribution < -0.4 is 9.62 Å². The summed E-state index contributed by atoms with van der Waals surface area (Å²) in [6.07, 6.45) is 2.50. The summed E-state index contributed by atoms with van der Waals surface area (Å²) >= 11 is 0. The van der Waals surface area contributed by atoms with Crippen LogP contribution in [0.15, 0.2) is 59.5 Å². The molecule has 0 bridgehead atoms. The highest BCUT2D eigenvalue weighted by molar-refractivity contribution is 7.92. The largest absolute Gasteiger partial charge is 0.355 e. The Morgan fingerprint density at radius 2 is 1.65 bits per heavy atom. The molecule has 0 saturated heterocycles. The van der Waals surface area contributed by atoms with Gasteiger partial charge in [-0.15, -0.1) is 0 Å². The molecule has 2 aromatic carbocycles.